The van der Waals surface area contributed by atoms with Crippen LogP contribution in [-0.4, -0.2) is 32.9 Å². The zero-order valence-electron chi connectivity index (χ0n) is 11.7. The number of carbonyl (C=O) groups is 1. The van der Waals surface area contributed by atoms with Gasteiger partial charge in [-0.25, -0.2) is 9.02 Å². The third kappa shape index (κ3) is 4.76. The Hall–Kier alpha value is -1.94. The van der Waals surface area contributed by atoms with E-state index in [1.54, 1.807) is 12.1 Å². The lowest BCUT2D eigenvalue weighted by molar-refractivity contribution is -0.117. The Morgan fingerprint density at radius 1 is 1.48 bits per heavy atom. The van der Waals surface area contributed by atoms with Gasteiger partial charge in [-0.15, -0.1) is 11.8 Å². The molecule has 1 aromatic heterocycles. The van der Waals surface area contributed by atoms with Gasteiger partial charge >= 0.3 is 0 Å². The lowest BCUT2D eigenvalue weighted by Crippen LogP contribution is -2.11. The van der Waals surface area contributed by atoms with Crippen LogP contribution in [0.3, 0.4) is 0 Å². The Morgan fingerprint density at radius 3 is 2.91 bits per heavy atom. The standard InChI is InChI=1S/C13H12BrFN4O3S/c14-8-5-7(1-2-9(8)15)6-10(17-21)12-13(19-22-18-12)23-4-3-11(16)20/h1-2,5,21H,3-4,6H2,(H2,16,20)/b17-10+. The molecule has 122 valence electrons. The minimum Gasteiger partial charge on any atom is -0.411 e. The monoisotopic (exact) mass is 402 g/mol. The van der Waals surface area contributed by atoms with Gasteiger partial charge in [-0.2, -0.15) is 0 Å². The van der Waals surface area contributed by atoms with Gasteiger partial charge < -0.3 is 10.9 Å². The molecule has 1 aromatic carbocycles. The number of thioether (sulfide) groups is 1. The van der Waals surface area contributed by atoms with E-state index in [4.69, 9.17) is 5.73 Å². The molecular weight excluding hydrogens is 391 g/mol. The molecule has 2 aromatic rings. The van der Waals surface area contributed by atoms with Crippen molar-refractivity contribution < 1.29 is 19.0 Å². The molecule has 23 heavy (non-hydrogen) atoms. The van der Waals surface area contributed by atoms with Crippen LogP contribution in [0.1, 0.15) is 17.7 Å². The molecule has 0 bridgehead atoms. The smallest absolute Gasteiger partial charge is 0.218 e. The molecule has 3 N–H and O–H groups in total. The summed E-state index contributed by atoms with van der Waals surface area (Å²) in [5.41, 5.74) is 6.26. The van der Waals surface area contributed by atoms with Crippen molar-refractivity contribution in [3.63, 3.8) is 0 Å². The van der Waals surface area contributed by atoms with Crippen LogP contribution < -0.4 is 5.73 Å². The molecule has 0 spiro atoms. The summed E-state index contributed by atoms with van der Waals surface area (Å²) in [7, 11) is 0. The normalized spacial score (nSPS) is 11.7. The molecule has 0 atom stereocenters. The number of hydrogen-bond donors (Lipinski definition) is 2. The van der Waals surface area contributed by atoms with Gasteiger partial charge in [-0.1, -0.05) is 11.2 Å². The zero-order chi connectivity index (χ0) is 16.8. The molecule has 1 amide bonds. The molecule has 0 aliphatic rings. The highest BCUT2D eigenvalue weighted by Crippen LogP contribution is 2.23. The van der Waals surface area contributed by atoms with E-state index in [9.17, 15) is 14.4 Å². The lowest BCUT2D eigenvalue weighted by Gasteiger charge is -2.04. The van der Waals surface area contributed by atoms with Crippen molar-refractivity contribution in [1.29, 1.82) is 0 Å². The number of primary amides is 1. The summed E-state index contributed by atoms with van der Waals surface area (Å²) in [6, 6.07) is 4.45. The third-order valence-corrected chi connectivity index (χ3v) is 4.35. The summed E-state index contributed by atoms with van der Waals surface area (Å²) >= 11 is 4.31. The number of rotatable bonds is 7. The van der Waals surface area contributed by atoms with Crippen molar-refractivity contribution >= 4 is 39.3 Å². The number of hydrogen-bond acceptors (Lipinski definition) is 7. The number of nitrogens with two attached hydrogens (primary N) is 1. The minimum atomic E-state index is -0.428. The van der Waals surface area contributed by atoms with Crippen LogP contribution in [0.5, 0.6) is 0 Å². The second kappa shape index (κ2) is 8.06. The van der Waals surface area contributed by atoms with Gasteiger partial charge in [0.05, 0.1) is 4.47 Å². The highest BCUT2D eigenvalue weighted by Gasteiger charge is 2.18. The first kappa shape index (κ1) is 17.4. The molecule has 0 saturated carbocycles. The Kier molecular flexibility index (Phi) is 6.11. The van der Waals surface area contributed by atoms with Crippen LogP contribution in [0.2, 0.25) is 0 Å². The molecular formula is C13H12BrFN4O3S. The van der Waals surface area contributed by atoms with Crippen molar-refractivity contribution in [2.24, 2.45) is 10.9 Å². The summed E-state index contributed by atoms with van der Waals surface area (Å²) in [4.78, 5) is 10.8. The first-order valence-electron chi connectivity index (χ1n) is 6.40. The number of carbonyl (C=O) groups excluding carboxylic acids is 1. The van der Waals surface area contributed by atoms with Gasteiger partial charge in [-0.3, -0.25) is 4.79 Å². The molecule has 0 fully saturated rings. The molecule has 0 unspecified atom stereocenters. The summed E-state index contributed by atoms with van der Waals surface area (Å²) < 4.78 is 18.2. The van der Waals surface area contributed by atoms with E-state index in [0.717, 1.165) is 0 Å². The number of nitrogens with zero attached hydrogens (tertiary/aromatic N) is 3. The fourth-order valence-electron chi connectivity index (χ4n) is 1.71. The summed E-state index contributed by atoms with van der Waals surface area (Å²) in [6.45, 7) is 0. The van der Waals surface area contributed by atoms with Gasteiger partial charge in [0.15, 0.2) is 10.7 Å². The van der Waals surface area contributed by atoms with E-state index >= 15 is 0 Å². The molecule has 2 rings (SSSR count). The van der Waals surface area contributed by atoms with E-state index in [0.29, 0.717) is 20.8 Å². The molecule has 7 nitrogen and oxygen atoms in total. The molecule has 0 radical (unpaired) electrons. The van der Waals surface area contributed by atoms with Crippen LogP contribution in [-0.2, 0) is 11.2 Å². The van der Waals surface area contributed by atoms with Crippen molar-refractivity contribution in [2.75, 3.05) is 5.75 Å². The average Bonchev–Trinajstić information content (AvgIpc) is 2.96. The maximum absolute atomic E-state index is 13.3. The highest BCUT2D eigenvalue weighted by molar-refractivity contribution is 9.10. The minimum absolute atomic E-state index is 0.174. The van der Waals surface area contributed by atoms with Gasteiger partial charge in [0.1, 0.15) is 11.5 Å². The van der Waals surface area contributed by atoms with Gasteiger partial charge in [-0.05, 0) is 43.9 Å². The second-order valence-corrected chi connectivity index (χ2v) is 6.39. The Bertz CT molecular complexity index is 738. The second-order valence-electron chi connectivity index (χ2n) is 4.45. The van der Waals surface area contributed by atoms with Crippen molar-refractivity contribution in [1.82, 2.24) is 10.3 Å². The van der Waals surface area contributed by atoms with E-state index < -0.39 is 5.91 Å². The van der Waals surface area contributed by atoms with Crippen LogP contribution in [0.4, 0.5) is 4.39 Å². The molecule has 10 heteroatoms. The number of oxime groups is 1. The Morgan fingerprint density at radius 2 is 2.26 bits per heavy atom. The fraction of sp³-hybridized carbons (Fsp3) is 0.231. The summed E-state index contributed by atoms with van der Waals surface area (Å²) in [5.74, 6) is -0.415. The van der Waals surface area contributed by atoms with Crippen LogP contribution in [0.15, 0.2) is 37.5 Å². The van der Waals surface area contributed by atoms with Crippen molar-refractivity contribution in [2.45, 2.75) is 17.9 Å². The Labute approximate surface area is 143 Å². The predicted octanol–water partition coefficient (Wildman–Crippen LogP) is 2.36. The molecule has 0 saturated heterocycles. The molecule has 0 aliphatic heterocycles. The van der Waals surface area contributed by atoms with E-state index in [1.807, 2.05) is 0 Å². The fourth-order valence-corrected chi connectivity index (χ4v) is 3.01. The number of amides is 1. The van der Waals surface area contributed by atoms with Crippen molar-refractivity contribution in [3.8, 4) is 0 Å². The average molecular weight is 403 g/mol. The lowest BCUT2D eigenvalue weighted by atomic mass is 10.1. The number of benzene rings is 1. The zero-order valence-corrected chi connectivity index (χ0v) is 14.1. The van der Waals surface area contributed by atoms with Crippen molar-refractivity contribution in [3.05, 3.63) is 39.7 Å². The first-order valence-corrected chi connectivity index (χ1v) is 8.18. The van der Waals surface area contributed by atoms with Gasteiger partial charge in [0.25, 0.3) is 0 Å². The predicted molar refractivity (Wildman–Crippen MR) is 85.0 cm³/mol. The van der Waals surface area contributed by atoms with Gasteiger partial charge in [0.2, 0.25) is 5.91 Å². The van der Waals surface area contributed by atoms with Crippen LogP contribution in [0, 0.1) is 5.82 Å². The Balaban J connectivity index is 2.13. The van der Waals surface area contributed by atoms with Crippen LogP contribution >= 0.6 is 27.7 Å². The largest absolute Gasteiger partial charge is 0.411 e. The summed E-state index contributed by atoms with van der Waals surface area (Å²) in [6.07, 6.45) is 0.375. The van der Waals surface area contributed by atoms with Crippen LogP contribution in [0.25, 0.3) is 0 Å². The van der Waals surface area contributed by atoms with E-state index in [2.05, 4.69) is 36.0 Å². The van der Waals surface area contributed by atoms with E-state index in [1.165, 1.54) is 17.8 Å². The molecule has 1 heterocycles. The maximum Gasteiger partial charge on any atom is 0.218 e. The maximum atomic E-state index is 13.3. The van der Waals surface area contributed by atoms with E-state index in [-0.39, 0.29) is 30.1 Å². The third-order valence-electron chi connectivity index (χ3n) is 2.80. The number of aromatic nitrogens is 2. The SMILES string of the molecule is NC(=O)CCSc1nonc1/C(Cc1ccc(F)c(Br)c1)=N/O. The number of halogens is 2. The topological polar surface area (TPSA) is 115 Å². The highest BCUT2D eigenvalue weighted by atomic mass is 79.9. The van der Waals surface area contributed by atoms with Gasteiger partial charge in [0, 0.05) is 18.6 Å². The first-order chi connectivity index (χ1) is 11.0. The molecule has 0 aliphatic carbocycles. The quantitative estimate of drug-likeness (QED) is 0.318. The summed E-state index contributed by atoms with van der Waals surface area (Å²) in [5, 5.41) is 20.3.